The van der Waals surface area contributed by atoms with Gasteiger partial charge in [0, 0.05) is 5.60 Å². The number of hydrogen-bond donors (Lipinski definition) is 0. The van der Waals surface area contributed by atoms with Crippen molar-refractivity contribution in [2.24, 2.45) is 17.8 Å². The van der Waals surface area contributed by atoms with Gasteiger partial charge in [-0.05, 0) is 30.6 Å². The molecule has 0 saturated heterocycles. The zero-order valence-electron chi connectivity index (χ0n) is 10.6. The fraction of sp³-hybridized carbons (Fsp3) is 1.00. The second-order valence-electron chi connectivity index (χ2n) is 5.53. The first-order chi connectivity index (χ1) is 6.34. The predicted molar refractivity (Wildman–Crippen MR) is 63.3 cm³/mol. The van der Waals surface area contributed by atoms with Gasteiger partial charge in [0.25, 0.3) is 0 Å². The Kier molecular flexibility index (Phi) is 6.37. The lowest BCUT2D eigenvalue weighted by molar-refractivity contribution is -0.00882. The van der Waals surface area contributed by atoms with Crippen molar-refractivity contribution < 1.29 is 3.79 Å². The van der Waals surface area contributed by atoms with Crippen LogP contribution in [-0.4, -0.2) is 22.2 Å². The summed E-state index contributed by atoms with van der Waals surface area (Å²) in [5, 5.41) is 0. The van der Waals surface area contributed by atoms with Crippen molar-refractivity contribution in [1.82, 2.24) is 0 Å². The quantitative estimate of drug-likeness (QED) is 0.611. The molecule has 0 aromatic carbocycles. The third-order valence-electron chi connectivity index (χ3n) is 2.79. The minimum atomic E-state index is 0.0486. The average molecular weight is 212 g/mol. The van der Waals surface area contributed by atoms with E-state index < -0.39 is 0 Å². The van der Waals surface area contributed by atoms with Gasteiger partial charge in [0.15, 0.2) is 0 Å². The third-order valence-corrected chi connectivity index (χ3v) is 3.26. The molecule has 0 N–H and O–H groups in total. The molecule has 0 heterocycles. The van der Waals surface area contributed by atoms with Gasteiger partial charge in [-0.1, -0.05) is 41.5 Å². The molecule has 2 radical (unpaired) electrons. The topological polar surface area (TPSA) is 9.23 Å². The van der Waals surface area contributed by atoms with E-state index in [4.69, 9.17) is 3.79 Å². The molecule has 0 aromatic heterocycles. The van der Waals surface area contributed by atoms with Crippen LogP contribution >= 0.6 is 0 Å². The van der Waals surface area contributed by atoms with Gasteiger partial charge in [0.2, 0.25) is 0 Å². The summed E-state index contributed by atoms with van der Waals surface area (Å²) in [4.78, 5) is 0. The largest absolute Gasteiger partial charge is 0.511 e. The Hall–Kier alpha value is 0.492. The summed E-state index contributed by atoms with van der Waals surface area (Å²) in [5.41, 5.74) is 0.0486. The molecule has 0 aliphatic rings. The zero-order chi connectivity index (χ0) is 11.4. The summed E-state index contributed by atoms with van der Waals surface area (Å²) in [6.45, 7) is 13.6. The van der Waals surface area contributed by atoms with E-state index in [0.29, 0.717) is 17.8 Å². The summed E-state index contributed by atoms with van der Waals surface area (Å²) in [5.74, 6) is 1.96. The van der Waals surface area contributed by atoms with Gasteiger partial charge in [-0.2, -0.15) is 0 Å². The molecule has 0 amide bonds. The molecule has 0 aliphatic heterocycles. The lowest BCUT2D eigenvalue weighted by atomic mass is 9.77. The minimum Gasteiger partial charge on any atom is -0.511 e. The first kappa shape index (κ1) is 14.5. The lowest BCUT2D eigenvalue weighted by Gasteiger charge is -2.41. The molecule has 0 fully saturated rings. The molecule has 0 aromatic rings. The molecule has 14 heavy (non-hydrogen) atoms. The van der Waals surface area contributed by atoms with Crippen molar-refractivity contribution in [3.8, 4) is 0 Å². The van der Waals surface area contributed by atoms with Crippen molar-refractivity contribution in [2.75, 3.05) is 0 Å². The first-order valence-electron chi connectivity index (χ1n) is 5.72. The second kappa shape index (κ2) is 6.16. The maximum Gasteiger partial charge on any atom is 0.370 e. The Bertz CT molecular complexity index is 142. The first-order valence-corrected chi connectivity index (χ1v) is 6.19. The van der Waals surface area contributed by atoms with Gasteiger partial charge in [-0.3, -0.25) is 0 Å². The molecular weight excluding hydrogens is 187 g/mol. The Labute approximate surface area is 98.4 Å². The fourth-order valence-electron chi connectivity index (χ4n) is 2.17. The van der Waals surface area contributed by atoms with Gasteiger partial charge in [0.1, 0.15) is 0 Å². The van der Waals surface area contributed by atoms with Gasteiger partial charge >= 0.3 is 16.6 Å². The van der Waals surface area contributed by atoms with E-state index in [1.807, 2.05) is 0 Å². The Morgan fingerprint density at radius 1 is 0.929 bits per heavy atom. The summed E-state index contributed by atoms with van der Waals surface area (Å²) >= 11 is 2.47. The highest BCUT2D eigenvalue weighted by molar-refractivity contribution is 5.98. The van der Waals surface area contributed by atoms with Crippen LogP contribution in [-0.2, 0) is 3.79 Å². The predicted octanol–water partition coefficient (Wildman–Crippen LogP) is 3.57. The Morgan fingerprint density at radius 2 is 1.29 bits per heavy atom. The van der Waals surface area contributed by atoms with Gasteiger partial charge < -0.3 is 3.79 Å². The van der Waals surface area contributed by atoms with Crippen molar-refractivity contribution in [3.63, 3.8) is 0 Å². The van der Waals surface area contributed by atoms with Crippen LogP contribution in [0.5, 0.6) is 0 Å². The Balaban J connectivity index is 4.60. The van der Waals surface area contributed by atoms with Crippen molar-refractivity contribution in [3.05, 3.63) is 0 Å². The van der Waals surface area contributed by atoms with Crippen LogP contribution < -0.4 is 0 Å². The van der Waals surface area contributed by atoms with Crippen LogP contribution in [0.3, 0.4) is 0 Å². The summed E-state index contributed by atoms with van der Waals surface area (Å²) in [7, 11) is 0. The van der Waals surface area contributed by atoms with Crippen LogP contribution in [0, 0.1) is 17.8 Å². The average Bonchev–Trinajstić information content (AvgIpc) is 2.00. The maximum absolute atomic E-state index is 5.74. The summed E-state index contributed by atoms with van der Waals surface area (Å²) < 4.78 is 5.74. The van der Waals surface area contributed by atoms with E-state index in [1.54, 1.807) is 0 Å². The molecule has 0 saturated carbocycles. The molecule has 82 valence electrons. The highest BCUT2D eigenvalue weighted by atomic mass is 27.1. The van der Waals surface area contributed by atoms with E-state index in [9.17, 15) is 0 Å². The van der Waals surface area contributed by atoms with E-state index in [-0.39, 0.29) is 5.60 Å². The van der Waals surface area contributed by atoms with Crippen molar-refractivity contribution in [1.29, 1.82) is 0 Å². The monoisotopic (exact) mass is 212 g/mol. The normalized spacial score (nSPS) is 13.2. The number of hydrogen-bond acceptors (Lipinski definition) is 1. The van der Waals surface area contributed by atoms with Gasteiger partial charge in [-0.25, -0.2) is 0 Å². The lowest BCUT2D eigenvalue weighted by Crippen LogP contribution is -2.40. The van der Waals surface area contributed by atoms with E-state index in [2.05, 4.69) is 58.2 Å². The maximum atomic E-state index is 5.74. The zero-order valence-corrected chi connectivity index (χ0v) is 11.8. The smallest absolute Gasteiger partial charge is 0.370 e. The van der Waals surface area contributed by atoms with Crippen LogP contribution in [0.15, 0.2) is 0 Å². The highest BCUT2D eigenvalue weighted by Crippen LogP contribution is 2.34. The van der Waals surface area contributed by atoms with Gasteiger partial charge in [-0.15, -0.1) is 0 Å². The fourth-order valence-corrected chi connectivity index (χ4v) is 2.63. The molecule has 0 aliphatic carbocycles. The van der Waals surface area contributed by atoms with E-state index in [1.165, 1.54) is 0 Å². The SMILES string of the molecule is CC(C)CC(CC(C)C)([O][Al])C(C)C. The molecule has 0 atom stereocenters. The van der Waals surface area contributed by atoms with Crippen molar-refractivity contribution >= 4 is 16.6 Å². The van der Waals surface area contributed by atoms with Crippen LogP contribution in [0.2, 0.25) is 0 Å². The molecule has 0 bridgehead atoms. The highest BCUT2D eigenvalue weighted by Gasteiger charge is 2.33. The minimum absolute atomic E-state index is 0.0486. The third kappa shape index (κ3) is 4.34. The molecule has 1 nitrogen and oxygen atoms in total. The molecule has 2 heteroatoms. The molecule has 0 rings (SSSR count). The Morgan fingerprint density at radius 3 is 1.43 bits per heavy atom. The summed E-state index contributed by atoms with van der Waals surface area (Å²) in [6, 6.07) is 0. The van der Waals surface area contributed by atoms with Crippen LogP contribution in [0.25, 0.3) is 0 Å². The summed E-state index contributed by atoms with van der Waals surface area (Å²) in [6.07, 6.45) is 2.29. The van der Waals surface area contributed by atoms with Gasteiger partial charge in [0.05, 0.1) is 0 Å². The van der Waals surface area contributed by atoms with Crippen molar-refractivity contribution in [2.45, 2.75) is 60.0 Å². The van der Waals surface area contributed by atoms with E-state index in [0.717, 1.165) is 12.8 Å². The molecule has 0 unspecified atom stereocenters. The standard InChI is InChI=1S/C12H25O.Al/c1-9(2)7-12(13,11(5)6)8-10(3)4;/h9-11H,7-8H2,1-6H3;/q-1;+1. The second-order valence-corrected chi connectivity index (χ2v) is 5.77. The van der Waals surface area contributed by atoms with E-state index >= 15 is 0 Å². The van der Waals surface area contributed by atoms with Crippen LogP contribution in [0.4, 0.5) is 0 Å². The van der Waals surface area contributed by atoms with Crippen LogP contribution in [0.1, 0.15) is 54.4 Å². The molecule has 0 spiro atoms. The molecular formula is C12H25AlO. The number of rotatable bonds is 6.